The minimum absolute atomic E-state index is 0.0441. The van der Waals surface area contributed by atoms with Crippen molar-refractivity contribution in [3.8, 4) is 0 Å². The number of carbonyl (C=O) groups is 2. The van der Waals surface area contributed by atoms with E-state index in [0.717, 1.165) is 18.6 Å². The van der Waals surface area contributed by atoms with Crippen LogP contribution in [0, 0.1) is 5.41 Å². The summed E-state index contributed by atoms with van der Waals surface area (Å²) in [6, 6.07) is -0.142. The van der Waals surface area contributed by atoms with Gasteiger partial charge in [0, 0.05) is 13.1 Å². The van der Waals surface area contributed by atoms with Crippen molar-refractivity contribution in [1.29, 1.82) is 0 Å². The molecule has 1 fully saturated rings. The molecule has 0 saturated carbocycles. The van der Waals surface area contributed by atoms with Crippen molar-refractivity contribution in [2.75, 3.05) is 25.4 Å². The van der Waals surface area contributed by atoms with E-state index < -0.39 is 0 Å². The summed E-state index contributed by atoms with van der Waals surface area (Å²) in [5.74, 6) is 0.778. The van der Waals surface area contributed by atoms with Gasteiger partial charge in [-0.05, 0) is 30.9 Å². The van der Waals surface area contributed by atoms with Gasteiger partial charge >= 0.3 is 6.03 Å². The molecule has 0 aliphatic carbocycles. The maximum absolute atomic E-state index is 11.9. The third kappa shape index (κ3) is 3.63. The third-order valence-electron chi connectivity index (χ3n) is 3.08. The highest BCUT2D eigenvalue weighted by Gasteiger charge is 2.37. The first-order valence-electron chi connectivity index (χ1n) is 6.11. The quantitative estimate of drug-likeness (QED) is 0.585. The Kier molecular flexibility index (Phi) is 4.86. The highest BCUT2D eigenvalue weighted by atomic mass is 32.1. The van der Waals surface area contributed by atoms with Crippen molar-refractivity contribution < 1.29 is 9.59 Å². The molecule has 0 bridgehead atoms. The van der Waals surface area contributed by atoms with Gasteiger partial charge in [0.1, 0.15) is 6.54 Å². The zero-order valence-electron chi connectivity index (χ0n) is 10.9. The maximum atomic E-state index is 11.9. The van der Waals surface area contributed by atoms with Crippen LogP contribution in [0.4, 0.5) is 4.79 Å². The largest absolute Gasteiger partial charge is 0.327 e. The molecule has 0 aromatic carbocycles. The first kappa shape index (κ1) is 14.4. The minimum atomic E-state index is -0.142. The Bertz CT molecular complexity index is 305. The lowest BCUT2D eigenvalue weighted by molar-refractivity contribution is -0.125. The van der Waals surface area contributed by atoms with Gasteiger partial charge in [0.15, 0.2) is 0 Å². The fraction of sp³-hybridized carbons (Fsp3) is 0.833. The van der Waals surface area contributed by atoms with Crippen LogP contribution in [-0.2, 0) is 4.79 Å². The Hall–Kier alpha value is -0.710. The predicted molar refractivity (Wildman–Crippen MR) is 71.2 cm³/mol. The monoisotopic (exact) mass is 258 g/mol. The molecule has 1 rings (SSSR count). The first-order valence-corrected chi connectivity index (χ1v) is 6.74. The lowest BCUT2D eigenvalue weighted by atomic mass is 9.87. The van der Waals surface area contributed by atoms with Crippen LogP contribution in [0.3, 0.4) is 0 Å². The van der Waals surface area contributed by atoms with E-state index in [1.165, 1.54) is 4.90 Å². The lowest BCUT2D eigenvalue weighted by Gasteiger charge is -2.29. The summed E-state index contributed by atoms with van der Waals surface area (Å²) in [7, 11) is 0. The van der Waals surface area contributed by atoms with Crippen LogP contribution in [0.2, 0.25) is 0 Å². The van der Waals surface area contributed by atoms with Gasteiger partial charge in [-0.1, -0.05) is 13.8 Å². The van der Waals surface area contributed by atoms with Crippen molar-refractivity contribution >= 4 is 24.6 Å². The number of hydrogen-bond donors (Lipinski definition) is 1. The van der Waals surface area contributed by atoms with Crippen LogP contribution in [-0.4, -0.2) is 47.1 Å². The predicted octanol–water partition coefficient (Wildman–Crippen LogP) is 2.01. The van der Waals surface area contributed by atoms with Gasteiger partial charge < -0.3 is 4.90 Å². The van der Waals surface area contributed by atoms with Crippen molar-refractivity contribution in [2.45, 2.75) is 33.6 Å². The molecular weight excluding hydrogens is 236 g/mol. The molecule has 0 aromatic heterocycles. The van der Waals surface area contributed by atoms with Crippen LogP contribution < -0.4 is 0 Å². The number of nitrogens with zero attached hydrogens (tertiary/aromatic N) is 2. The van der Waals surface area contributed by atoms with Crippen LogP contribution in [0.5, 0.6) is 0 Å². The Morgan fingerprint density at radius 3 is 2.47 bits per heavy atom. The molecule has 1 heterocycles. The molecule has 5 heteroatoms. The van der Waals surface area contributed by atoms with E-state index >= 15 is 0 Å². The smallest absolute Gasteiger partial charge is 0.314 e. The van der Waals surface area contributed by atoms with E-state index in [1.54, 1.807) is 4.90 Å². The molecule has 3 amide bonds. The van der Waals surface area contributed by atoms with Crippen molar-refractivity contribution in [3.05, 3.63) is 0 Å². The second-order valence-electron chi connectivity index (χ2n) is 5.27. The summed E-state index contributed by atoms with van der Waals surface area (Å²) < 4.78 is 0. The average molecular weight is 258 g/mol. The summed E-state index contributed by atoms with van der Waals surface area (Å²) in [6.07, 6.45) is 2.05. The highest BCUT2D eigenvalue weighted by Crippen LogP contribution is 2.26. The van der Waals surface area contributed by atoms with E-state index in [1.807, 2.05) is 6.92 Å². The van der Waals surface area contributed by atoms with Crippen molar-refractivity contribution in [2.24, 2.45) is 5.41 Å². The van der Waals surface area contributed by atoms with Gasteiger partial charge in [-0.2, -0.15) is 12.6 Å². The highest BCUT2D eigenvalue weighted by molar-refractivity contribution is 7.80. The van der Waals surface area contributed by atoms with Crippen LogP contribution in [0.25, 0.3) is 0 Å². The van der Waals surface area contributed by atoms with Gasteiger partial charge in [0.05, 0.1) is 0 Å². The fourth-order valence-electron chi connectivity index (χ4n) is 2.18. The number of amides is 3. The van der Waals surface area contributed by atoms with Gasteiger partial charge in [-0.15, -0.1) is 0 Å². The van der Waals surface area contributed by atoms with E-state index in [0.29, 0.717) is 13.1 Å². The average Bonchev–Trinajstić information content (AvgIpc) is 2.50. The molecule has 0 radical (unpaired) electrons. The van der Waals surface area contributed by atoms with Gasteiger partial charge in [-0.3, -0.25) is 9.69 Å². The van der Waals surface area contributed by atoms with Gasteiger partial charge in [0.2, 0.25) is 5.91 Å². The lowest BCUT2D eigenvalue weighted by Crippen LogP contribution is -2.38. The number of hydrogen-bond acceptors (Lipinski definition) is 3. The normalized spacial score (nSPS) is 17.2. The number of thiol groups is 1. The Morgan fingerprint density at radius 1 is 1.35 bits per heavy atom. The second-order valence-corrected chi connectivity index (χ2v) is 5.72. The summed E-state index contributed by atoms with van der Waals surface area (Å²) in [4.78, 5) is 26.5. The molecule has 0 N–H and O–H groups in total. The van der Waals surface area contributed by atoms with E-state index in [9.17, 15) is 9.59 Å². The van der Waals surface area contributed by atoms with Crippen LogP contribution in [0.15, 0.2) is 0 Å². The van der Waals surface area contributed by atoms with Crippen molar-refractivity contribution in [1.82, 2.24) is 9.80 Å². The molecule has 1 aliphatic rings. The Labute approximate surface area is 109 Å². The summed E-state index contributed by atoms with van der Waals surface area (Å²) in [6.45, 7) is 7.42. The number of rotatable bonds is 6. The van der Waals surface area contributed by atoms with E-state index in [4.69, 9.17) is 0 Å². The molecule has 4 nitrogen and oxygen atoms in total. The SMILES string of the molecule is CCN1C(=O)CN(CC(C)(C)CCCS)C1=O. The molecule has 0 unspecified atom stereocenters. The molecular formula is C12H22N2O2S. The number of imide groups is 1. The van der Waals surface area contributed by atoms with E-state index in [-0.39, 0.29) is 23.9 Å². The third-order valence-corrected chi connectivity index (χ3v) is 3.39. The summed E-state index contributed by atoms with van der Waals surface area (Å²) in [5.41, 5.74) is 0.0441. The van der Waals surface area contributed by atoms with E-state index in [2.05, 4.69) is 26.5 Å². The topological polar surface area (TPSA) is 40.6 Å². The molecule has 0 aromatic rings. The molecule has 98 valence electrons. The molecule has 0 spiro atoms. The summed E-state index contributed by atoms with van der Waals surface area (Å²) in [5, 5.41) is 0. The molecule has 1 saturated heterocycles. The fourth-order valence-corrected chi connectivity index (χ4v) is 2.34. The standard InChI is InChI=1S/C12H22N2O2S/c1-4-14-10(15)8-13(11(14)16)9-12(2,3)6-5-7-17/h17H,4-9H2,1-3H3. The first-order chi connectivity index (χ1) is 7.91. The van der Waals surface area contributed by atoms with Crippen LogP contribution >= 0.6 is 12.6 Å². The van der Waals surface area contributed by atoms with Gasteiger partial charge in [0.25, 0.3) is 0 Å². The molecule has 17 heavy (non-hydrogen) atoms. The van der Waals surface area contributed by atoms with Crippen molar-refractivity contribution in [3.63, 3.8) is 0 Å². The maximum Gasteiger partial charge on any atom is 0.327 e. The van der Waals surface area contributed by atoms with Crippen LogP contribution in [0.1, 0.15) is 33.6 Å². The zero-order chi connectivity index (χ0) is 13.1. The number of carbonyl (C=O) groups excluding carboxylic acids is 2. The number of urea groups is 1. The summed E-state index contributed by atoms with van der Waals surface area (Å²) >= 11 is 4.20. The Morgan fingerprint density at radius 2 is 2.00 bits per heavy atom. The second kappa shape index (κ2) is 5.76. The molecule has 1 aliphatic heterocycles. The van der Waals surface area contributed by atoms with Gasteiger partial charge in [-0.25, -0.2) is 4.79 Å². The minimum Gasteiger partial charge on any atom is -0.314 e. The Balaban J connectivity index is 2.58. The number of likely N-dealkylation sites (N-methyl/N-ethyl adjacent to an activating group) is 1. The molecule has 0 atom stereocenters. The zero-order valence-corrected chi connectivity index (χ0v) is 11.8.